The molecule has 1 N–H and O–H groups in total. The summed E-state index contributed by atoms with van der Waals surface area (Å²) in [5, 5.41) is 22.6. The summed E-state index contributed by atoms with van der Waals surface area (Å²) in [6.45, 7) is 1.71. The predicted octanol–water partition coefficient (Wildman–Crippen LogP) is 2.84. The summed E-state index contributed by atoms with van der Waals surface area (Å²) in [6, 6.07) is 9.50. The Kier molecular flexibility index (Phi) is 4.79. The van der Waals surface area contributed by atoms with Gasteiger partial charge in [0.25, 0.3) is 11.6 Å². The Balaban J connectivity index is 2.30. The van der Waals surface area contributed by atoms with E-state index >= 15 is 0 Å². The van der Waals surface area contributed by atoms with Gasteiger partial charge in [0.15, 0.2) is 0 Å². The summed E-state index contributed by atoms with van der Waals surface area (Å²) >= 11 is 0. The van der Waals surface area contributed by atoms with E-state index < -0.39 is 10.8 Å². The van der Waals surface area contributed by atoms with Crippen LogP contribution in [0.1, 0.15) is 11.1 Å². The number of nitro groups is 1. The zero-order valence-corrected chi connectivity index (χ0v) is 12.2. The van der Waals surface area contributed by atoms with Crippen LogP contribution in [-0.2, 0) is 4.79 Å². The van der Waals surface area contributed by atoms with E-state index in [4.69, 9.17) is 5.26 Å². The molecule has 0 bridgehead atoms. The predicted molar refractivity (Wildman–Crippen MR) is 84.3 cm³/mol. The van der Waals surface area contributed by atoms with Crippen LogP contribution in [0.3, 0.4) is 0 Å². The first kappa shape index (κ1) is 15.9. The van der Waals surface area contributed by atoms with Gasteiger partial charge in [-0.15, -0.1) is 0 Å². The number of benzene rings is 1. The van der Waals surface area contributed by atoms with Gasteiger partial charge in [0.2, 0.25) is 0 Å². The zero-order valence-electron chi connectivity index (χ0n) is 12.2. The number of pyridine rings is 1. The molecule has 0 spiro atoms. The maximum absolute atomic E-state index is 12.2. The standard InChI is InChI=1S/C16H12N4O3/c1-11-2-3-14(15(8-11)20(22)23)19-16(21)13(10-17)9-12-4-6-18-7-5-12/h2-9H,1H3,(H,19,21). The number of aromatic nitrogens is 1. The third-order valence-corrected chi connectivity index (χ3v) is 2.98. The summed E-state index contributed by atoms with van der Waals surface area (Å²) in [5.74, 6) is -0.712. The van der Waals surface area contributed by atoms with Crippen molar-refractivity contribution >= 4 is 23.4 Å². The normalized spacial score (nSPS) is 10.7. The maximum atomic E-state index is 12.2. The molecular formula is C16H12N4O3. The lowest BCUT2D eigenvalue weighted by molar-refractivity contribution is -0.384. The van der Waals surface area contributed by atoms with E-state index in [1.165, 1.54) is 30.6 Å². The lowest BCUT2D eigenvalue weighted by atomic mass is 10.1. The van der Waals surface area contributed by atoms with Gasteiger partial charge >= 0.3 is 0 Å². The van der Waals surface area contributed by atoms with Gasteiger partial charge < -0.3 is 5.32 Å². The van der Waals surface area contributed by atoms with Crippen molar-refractivity contribution in [3.05, 3.63) is 69.5 Å². The summed E-state index contributed by atoms with van der Waals surface area (Å²) in [6.07, 6.45) is 4.45. The molecule has 0 aliphatic rings. The van der Waals surface area contributed by atoms with Crippen molar-refractivity contribution in [3.8, 4) is 6.07 Å². The van der Waals surface area contributed by atoms with Crippen LogP contribution in [0.15, 0.2) is 48.3 Å². The second-order valence-corrected chi connectivity index (χ2v) is 4.68. The summed E-state index contributed by atoms with van der Waals surface area (Å²) in [4.78, 5) is 26.5. The Bertz CT molecular complexity index is 823. The van der Waals surface area contributed by atoms with Gasteiger partial charge in [0, 0.05) is 18.5 Å². The lowest BCUT2D eigenvalue weighted by Crippen LogP contribution is -2.14. The molecule has 1 amide bonds. The Labute approximate surface area is 132 Å². The van der Waals surface area contributed by atoms with Gasteiger partial charge in [-0.1, -0.05) is 6.07 Å². The Hall–Kier alpha value is -3.53. The fraction of sp³-hybridized carbons (Fsp3) is 0.0625. The minimum absolute atomic E-state index is 0.0430. The van der Waals surface area contributed by atoms with Crippen LogP contribution >= 0.6 is 0 Å². The van der Waals surface area contributed by atoms with Crippen LogP contribution in [0.5, 0.6) is 0 Å². The quantitative estimate of drug-likeness (QED) is 0.404. The molecule has 0 fully saturated rings. The Morgan fingerprint density at radius 3 is 2.65 bits per heavy atom. The number of anilines is 1. The van der Waals surface area contributed by atoms with Crippen LogP contribution in [0, 0.1) is 28.4 Å². The molecule has 23 heavy (non-hydrogen) atoms. The zero-order chi connectivity index (χ0) is 16.8. The number of nitrogens with one attached hydrogen (secondary N) is 1. The van der Waals surface area contributed by atoms with Crippen LogP contribution < -0.4 is 5.32 Å². The summed E-state index contributed by atoms with van der Waals surface area (Å²) < 4.78 is 0. The molecule has 2 aromatic rings. The molecule has 0 saturated carbocycles. The molecule has 1 aromatic carbocycles. The van der Waals surface area contributed by atoms with E-state index in [1.54, 1.807) is 31.2 Å². The molecule has 7 heteroatoms. The fourth-order valence-corrected chi connectivity index (χ4v) is 1.86. The van der Waals surface area contributed by atoms with E-state index in [1.807, 2.05) is 0 Å². The number of hydrogen-bond acceptors (Lipinski definition) is 5. The number of nitrogens with zero attached hydrogens (tertiary/aromatic N) is 3. The number of amides is 1. The number of rotatable bonds is 4. The van der Waals surface area contributed by atoms with Crippen molar-refractivity contribution in [1.82, 2.24) is 4.98 Å². The maximum Gasteiger partial charge on any atom is 0.293 e. The van der Waals surface area contributed by atoms with Gasteiger partial charge in [-0.25, -0.2) is 0 Å². The highest BCUT2D eigenvalue weighted by molar-refractivity contribution is 6.10. The number of nitro benzene ring substituents is 1. The number of aryl methyl sites for hydroxylation is 1. The van der Waals surface area contributed by atoms with Crippen LogP contribution in [0.2, 0.25) is 0 Å². The molecule has 0 aliphatic carbocycles. The third kappa shape index (κ3) is 3.98. The van der Waals surface area contributed by atoms with E-state index in [0.29, 0.717) is 11.1 Å². The highest BCUT2D eigenvalue weighted by atomic mass is 16.6. The molecule has 1 aromatic heterocycles. The largest absolute Gasteiger partial charge is 0.316 e. The number of nitriles is 1. The molecule has 114 valence electrons. The number of carbonyl (C=O) groups excluding carboxylic acids is 1. The molecule has 0 saturated heterocycles. The molecule has 0 atom stereocenters. The molecule has 0 radical (unpaired) electrons. The first-order chi connectivity index (χ1) is 11.0. The number of hydrogen-bond donors (Lipinski definition) is 1. The van der Waals surface area contributed by atoms with Crippen molar-refractivity contribution < 1.29 is 9.72 Å². The van der Waals surface area contributed by atoms with Gasteiger partial charge in [0.05, 0.1) is 4.92 Å². The Morgan fingerprint density at radius 2 is 2.04 bits per heavy atom. The van der Waals surface area contributed by atoms with Crippen molar-refractivity contribution in [2.24, 2.45) is 0 Å². The first-order valence-corrected chi connectivity index (χ1v) is 6.59. The molecule has 7 nitrogen and oxygen atoms in total. The van der Waals surface area contributed by atoms with Crippen molar-refractivity contribution in [2.45, 2.75) is 6.92 Å². The molecule has 1 heterocycles. The second-order valence-electron chi connectivity index (χ2n) is 4.68. The van der Waals surface area contributed by atoms with Crippen LogP contribution in [0.4, 0.5) is 11.4 Å². The highest BCUT2D eigenvalue weighted by Crippen LogP contribution is 2.25. The average Bonchev–Trinajstić information content (AvgIpc) is 2.55. The topological polar surface area (TPSA) is 109 Å². The van der Waals surface area contributed by atoms with Crippen molar-refractivity contribution in [1.29, 1.82) is 5.26 Å². The lowest BCUT2D eigenvalue weighted by Gasteiger charge is -2.06. The average molecular weight is 308 g/mol. The Morgan fingerprint density at radius 1 is 1.35 bits per heavy atom. The monoisotopic (exact) mass is 308 g/mol. The van der Waals surface area contributed by atoms with E-state index in [0.717, 1.165) is 0 Å². The van der Waals surface area contributed by atoms with Crippen LogP contribution in [0.25, 0.3) is 6.08 Å². The van der Waals surface area contributed by atoms with Crippen LogP contribution in [-0.4, -0.2) is 15.8 Å². The van der Waals surface area contributed by atoms with Gasteiger partial charge in [-0.2, -0.15) is 5.26 Å². The minimum Gasteiger partial charge on any atom is -0.316 e. The van der Waals surface area contributed by atoms with Gasteiger partial charge in [-0.05, 0) is 42.3 Å². The van der Waals surface area contributed by atoms with Gasteiger partial charge in [-0.3, -0.25) is 19.9 Å². The SMILES string of the molecule is Cc1ccc(NC(=O)C(C#N)=Cc2ccncc2)c([N+](=O)[O-])c1. The van der Waals surface area contributed by atoms with Crippen molar-refractivity contribution in [2.75, 3.05) is 5.32 Å². The minimum atomic E-state index is -0.712. The van der Waals surface area contributed by atoms with E-state index in [-0.39, 0.29) is 16.9 Å². The van der Waals surface area contributed by atoms with Crippen molar-refractivity contribution in [3.63, 3.8) is 0 Å². The highest BCUT2D eigenvalue weighted by Gasteiger charge is 2.18. The van der Waals surface area contributed by atoms with E-state index in [9.17, 15) is 14.9 Å². The molecule has 0 aliphatic heterocycles. The smallest absolute Gasteiger partial charge is 0.293 e. The third-order valence-electron chi connectivity index (χ3n) is 2.98. The van der Waals surface area contributed by atoms with Gasteiger partial charge in [0.1, 0.15) is 17.3 Å². The fourth-order valence-electron chi connectivity index (χ4n) is 1.86. The molecule has 0 unspecified atom stereocenters. The van der Waals surface area contributed by atoms with E-state index in [2.05, 4.69) is 10.3 Å². The molecular weight excluding hydrogens is 296 g/mol. The second kappa shape index (κ2) is 6.95. The summed E-state index contributed by atoms with van der Waals surface area (Å²) in [7, 11) is 0. The number of carbonyl (C=O) groups is 1. The molecule has 2 rings (SSSR count). The summed E-state index contributed by atoms with van der Waals surface area (Å²) in [5.41, 5.74) is 0.986. The first-order valence-electron chi connectivity index (χ1n) is 6.59.